The van der Waals surface area contributed by atoms with Gasteiger partial charge in [0.1, 0.15) is 6.61 Å². The molecule has 0 bridgehead atoms. The third-order valence-electron chi connectivity index (χ3n) is 2.64. The maximum Gasteiger partial charge on any atom is 0.161 e. The fraction of sp³-hybridized carbons (Fsp3) is 0.286. The molecule has 0 atom stereocenters. The van der Waals surface area contributed by atoms with Gasteiger partial charge in [-0.05, 0) is 53.1 Å². The van der Waals surface area contributed by atoms with Crippen LogP contribution >= 0.6 is 11.3 Å². The number of hydrogen-bond donors (Lipinski definition) is 1. The van der Waals surface area contributed by atoms with Crippen molar-refractivity contribution in [3.63, 3.8) is 0 Å². The highest BCUT2D eigenvalue weighted by Gasteiger charge is 2.06. The molecule has 4 heteroatoms. The third-order valence-corrected chi connectivity index (χ3v) is 3.37. The van der Waals surface area contributed by atoms with Crippen LogP contribution in [0.5, 0.6) is 11.5 Å². The summed E-state index contributed by atoms with van der Waals surface area (Å²) in [4.78, 5) is 0. The van der Waals surface area contributed by atoms with Crippen LogP contribution in [0.4, 0.5) is 0 Å². The second-order valence-electron chi connectivity index (χ2n) is 3.94. The summed E-state index contributed by atoms with van der Waals surface area (Å²) >= 11 is 1.67. The summed E-state index contributed by atoms with van der Waals surface area (Å²) in [6, 6.07) is 8.00. The summed E-state index contributed by atoms with van der Waals surface area (Å²) in [7, 11) is 1.65. The van der Waals surface area contributed by atoms with Crippen LogP contribution in [0.15, 0.2) is 35.0 Å². The zero-order chi connectivity index (χ0) is 12.8. The van der Waals surface area contributed by atoms with Crippen LogP contribution in [0, 0.1) is 0 Å². The zero-order valence-electron chi connectivity index (χ0n) is 10.4. The van der Waals surface area contributed by atoms with Crippen molar-refractivity contribution < 1.29 is 9.47 Å². The maximum atomic E-state index is 5.80. The lowest BCUT2D eigenvalue weighted by Gasteiger charge is -2.11. The van der Waals surface area contributed by atoms with Crippen molar-refractivity contribution in [3.05, 3.63) is 46.2 Å². The summed E-state index contributed by atoms with van der Waals surface area (Å²) in [5.74, 6) is 1.53. The van der Waals surface area contributed by atoms with Crippen molar-refractivity contribution in [1.82, 2.24) is 0 Å². The molecular weight excluding hydrogens is 246 g/mol. The van der Waals surface area contributed by atoms with Crippen LogP contribution in [0.2, 0.25) is 0 Å². The van der Waals surface area contributed by atoms with E-state index < -0.39 is 0 Å². The van der Waals surface area contributed by atoms with Crippen molar-refractivity contribution >= 4 is 11.3 Å². The highest BCUT2D eigenvalue weighted by Crippen LogP contribution is 2.29. The van der Waals surface area contributed by atoms with E-state index in [2.05, 4.69) is 11.4 Å². The second-order valence-corrected chi connectivity index (χ2v) is 4.72. The van der Waals surface area contributed by atoms with Crippen molar-refractivity contribution in [2.24, 2.45) is 5.73 Å². The fourth-order valence-electron chi connectivity index (χ4n) is 1.69. The van der Waals surface area contributed by atoms with E-state index in [0.29, 0.717) is 13.2 Å². The summed E-state index contributed by atoms with van der Waals surface area (Å²) < 4.78 is 11.1. The minimum Gasteiger partial charge on any atom is -0.493 e. The lowest BCUT2D eigenvalue weighted by atomic mass is 10.1. The normalized spacial score (nSPS) is 10.3. The van der Waals surface area contributed by atoms with Gasteiger partial charge in [-0.3, -0.25) is 0 Å². The number of thiophene rings is 1. The molecule has 2 rings (SSSR count). The van der Waals surface area contributed by atoms with E-state index in [1.807, 2.05) is 23.6 Å². The highest BCUT2D eigenvalue weighted by atomic mass is 32.1. The minimum absolute atomic E-state index is 0.561. The molecule has 1 aromatic carbocycles. The van der Waals surface area contributed by atoms with Gasteiger partial charge in [0.25, 0.3) is 0 Å². The van der Waals surface area contributed by atoms with Gasteiger partial charge in [-0.1, -0.05) is 6.07 Å². The van der Waals surface area contributed by atoms with Gasteiger partial charge in [0, 0.05) is 0 Å². The average Bonchev–Trinajstić information content (AvgIpc) is 2.90. The molecule has 3 nitrogen and oxygen atoms in total. The molecule has 0 aliphatic rings. The van der Waals surface area contributed by atoms with E-state index in [1.54, 1.807) is 18.4 Å². The van der Waals surface area contributed by atoms with Gasteiger partial charge in [-0.25, -0.2) is 0 Å². The molecule has 96 valence electrons. The van der Waals surface area contributed by atoms with E-state index in [1.165, 1.54) is 11.1 Å². The van der Waals surface area contributed by atoms with Gasteiger partial charge in [0.05, 0.1) is 7.11 Å². The van der Waals surface area contributed by atoms with Crippen LogP contribution in [-0.2, 0) is 13.0 Å². The van der Waals surface area contributed by atoms with E-state index in [9.17, 15) is 0 Å². The van der Waals surface area contributed by atoms with Crippen molar-refractivity contribution in [3.8, 4) is 11.5 Å². The number of nitrogens with two attached hydrogens (primary N) is 1. The minimum atomic E-state index is 0.561. The van der Waals surface area contributed by atoms with Crippen LogP contribution < -0.4 is 15.2 Å². The molecule has 2 aromatic rings. The molecule has 0 unspecified atom stereocenters. The Hall–Kier alpha value is -1.52. The number of hydrogen-bond acceptors (Lipinski definition) is 4. The SMILES string of the molecule is COc1ccc(CCN)cc1OCc1ccsc1. The molecule has 18 heavy (non-hydrogen) atoms. The predicted molar refractivity (Wildman–Crippen MR) is 74.4 cm³/mol. The lowest BCUT2D eigenvalue weighted by Crippen LogP contribution is -2.03. The van der Waals surface area contributed by atoms with Gasteiger partial charge in [0.2, 0.25) is 0 Å². The Balaban J connectivity index is 2.10. The molecule has 0 aliphatic heterocycles. The van der Waals surface area contributed by atoms with Crippen molar-refractivity contribution in [2.75, 3.05) is 13.7 Å². The Bertz CT molecular complexity index is 483. The summed E-state index contributed by atoms with van der Waals surface area (Å²) in [6.45, 7) is 1.20. The molecule has 0 saturated heterocycles. The molecule has 0 radical (unpaired) electrons. The molecule has 0 amide bonds. The Labute approximate surface area is 111 Å². The molecule has 1 heterocycles. The van der Waals surface area contributed by atoms with Crippen LogP contribution in [0.3, 0.4) is 0 Å². The average molecular weight is 263 g/mol. The van der Waals surface area contributed by atoms with Gasteiger partial charge in [0.15, 0.2) is 11.5 Å². The Morgan fingerprint density at radius 1 is 1.17 bits per heavy atom. The van der Waals surface area contributed by atoms with Crippen LogP contribution in [0.1, 0.15) is 11.1 Å². The molecule has 0 fully saturated rings. The van der Waals surface area contributed by atoms with E-state index in [-0.39, 0.29) is 0 Å². The maximum absolute atomic E-state index is 5.80. The lowest BCUT2D eigenvalue weighted by molar-refractivity contribution is 0.284. The van der Waals surface area contributed by atoms with Crippen LogP contribution in [-0.4, -0.2) is 13.7 Å². The van der Waals surface area contributed by atoms with Gasteiger partial charge in [-0.2, -0.15) is 11.3 Å². The smallest absolute Gasteiger partial charge is 0.161 e. The number of methoxy groups -OCH3 is 1. The first-order valence-corrected chi connectivity index (χ1v) is 6.78. The van der Waals surface area contributed by atoms with Crippen molar-refractivity contribution in [2.45, 2.75) is 13.0 Å². The molecule has 0 saturated carbocycles. The number of ether oxygens (including phenoxy) is 2. The van der Waals surface area contributed by atoms with E-state index in [0.717, 1.165) is 17.9 Å². The van der Waals surface area contributed by atoms with E-state index in [4.69, 9.17) is 15.2 Å². The Morgan fingerprint density at radius 2 is 2.06 bits per heavy atom. The van der Waals surface area contributed by atoms with Crippen molar-refractivity contribution in [1.29, 1.82) is 0 Å². The van der Waals surface area contributed by atoms with E-state index >= 15 is 0 Å². The first-order valence-electron chi connectivity index (χ1n) is 5.84. The van der Waals surface area contributed by atoms with Gasteiger partial charge in [-0.15, -0.1) is 0 Å². The highest BCUT2D eigenvalue weighted by molar-refractivity contribution is 7.07. The van der Waals surface area contributed by atoms with Crippen LogP contribution in [0.25, 0.3) is 0 Å². The number of rotatable bonds is 6. The predicted octanol–water partition coefficient (Wildman–Crippen LogP) is 2.84. The first kappa shape index (κ1) is 12.9. The first-order chi connectivity index (χ1) is 8.83. The quantitative estimate of drug-likeness (QED) is 0.871. The molecular formula is C14H17NO2S. The number of benzene rings is 1. The molecule has 0 spiro atoms. The molecule has 1 aromatic heterocycles. The monoisotopic (exact) mass is 263 g/mol. The zero-order valence-corrected chi connectivity index (χ0v) is 11.2. The third kappa shape index (κ3) is 3.24. The Kier molecular flexibility index (Phi) is 4.61. The summed E-state index contributed by atoms with van der Waals surface area (Å²) in [5.41, 5.74) is 7.90. The second kappa shape index (κ2) is 6.42. The molecule has 0 aliphatic carbocycles. The summed E-state index contributed by atoms with van der Waals surface area (Å²) in [5, 5.41) is 4.12. The summed E-state index contributed by atoms with van der Waals surface area (Å²) in [6.07, 6.45) is 0.846. The van der Waals surface area contributed by atoms with Gasteiger partial charge >= 0.3 is 0 Å². The Morgan fingerprint density at radius 3 is 2.72 bits per heavy atom. The topological polar surface area (TPSA) is 44.5 Å². The molecule has 2 N–H and O–H groups in total. The standard InChI is InChI=1S/C14H17NO2S/c1-16-13-3-2-11(4-6-15)8-14(13)17-9-12-5-7-18-10-12/h2-3,5,7-8,10H,4,6,9,15H2,1H3. The largest absolute Gasteiger partial charge is 0.493 e. The van der Waals surface area contributed by atoms with Gasteiger partial charge < -0.3 is 15.2 Å². The fourth-order valence-corrected chi connectivity index (χ4v) is 2.35.